The lowest BCUT2D eigenvalue weighted by Gasteiger charge is -2.04. The zero-order chi connectivity index (χ0) is 13.7. The summed E-state index contributed by atoms with van der Waals surface area (Å²) in [7, 11) is 0. The molecule has 1 heterocycles. The van der Waals surface area contributed by atoms with Gasteiger partial charge in [0.25, 0.3) is 0 Å². The number of hydrogen-bond donors (Lipinski definition) is 1. The van der Waals surface area contributed by atoms with Gasteiger partial charge in [-0.05, 0) is 6.07 Å². The number of nitrogens with zero attached hydrogens (tertiary/aromatic N) is 1. The van der Waals surface area contributed by atoms with Gasteiger partial charge in [0.15, 0.2) is 0 Å². The molecular formula is C16H16N2O. The number of nitrogens with one attached hydrogen (secondary N) is 1. The minimum atomic E-state index is -0.317. The van der Waals surface area contributed by atoms with Gasteiger partial charge in [0, 0.05) is 10.9 Å². The fourth-order valence-corrected chi connectivity index (χ4v) is 1.92. The molecule has 0 amide bonds. The quantitative estimate of drug-likeness (QED) is 0.719. The Morgan fingerprint density at radius 2 is 1.53 bits per heavy atom. The third-order valence-corrected chi connectivity index (χ3v) is 2.68. The van der Waals surface area contributed by atoms with E-state index < -0.39 is 0 Å². The van der Waals surface area contributed by atoms with E-state index in [1.54, 1.807) is 0 Å². The van der Waals surface area contributed by atoms with E-state index in [0.717, 1.165) is 22.2 Å². The fraction of sp³-hybridized carbons (Fsp3) is 0.125. The van der Waals surface area contributed by atoms with Gasteiger partial charge < -0.3 is 4.98 Å². The highest BCUT2D eigenvalue weighted by molar-refractivity contribution is 5.91. The number of fused-ring (bicyclic) bond motifs is 1. The van der Waals surface area contributed by atoms with Crippen LogP contribution in [-0.4, -0.2) is 9.97 Å². The second-order valence-electron chi connectivity index (χ2n) is 3.80. The van der Waals surface area contributed by atoms with E-state index >= 15 is 0 Å². The van der Waals surface area contributed by atoms with Crippen LogP contribution in [0.3, 0.4) is 0 Å². The summed E-state index contributed by atoms with van der Waals surface area (Å²) in [5.74, 6) is 0. The van der Waals surface area contributed by atoms with Gasteiger partial charge in [-0.1, -0.05) is 62.4 Å². The molecule has 0 aliphatic rings. The van der Waals surface area contributed by atoms with Crippen LogP contribution in [0, 0.1) is 0 Å². The lowest BCUT2D eigenvalue weighted by Crippen LogP contribution is -2.11. The molecule has 0 bridgehead atoms. The zero-order valence-corrected chi connectivity index (χ0v) is 11.1. The number of rotatable bonds is 1. The summed E-state index contributed by atoms with van der Waals surface area (Å²) >= 11 is 0. The summed E-state index contributed by atoms with van der Waals surface area (Å²) < 4.78 is 0. The van der Waals surface area contributed by atoms with E-state index in [9.17, 15) is 4.79 Å². The standard InChI is InChI=1S/C14H10N2O.C2H6/c17-14-15-12-9-5-4-8-11(12)13(16-14)10-6-2-1-3-7-10;1-2/h1-9H,(H,15,16,17);1-2H3. The summed E-state index contributed by atoms with van der Waals surface area (Å²) in [5.41, 5.74) is 2.17. The first-order valence-corrected chi connectivity index (χ1v) is 6.39. The maximum Gasteiger partial charge on any atom is 0.345 e. The molecule has 3 aromatic rings. The third kappa shape index (κ3) is 2.71. The number of H-pyrrole nitrogens is 1. The number of aromatic amines is 1. The molecular weight excluding hydrogens is 236 g/mol. The van der Waals surface area contributed by atoms with Crippen molar-refractivity contribution in [2.45, 2.75) is 13.8 Å². The van der Waals surface area contributed by atoms with Crippen LogP contribution in [0.2, 0.25) is 0 Å². The predicted molar refractivity (Wildman–Crippen MR) is 79.1 cm³/mol. The predicted octanol–water partition coefficient (Wildman–Crippen LogP) is 3.62. The second kappa shape index (κ2) is 5.96. The van der Waals surface area contributed by atoms with Crippen molar-refractivity contribution in [2.24, 2.45) is 0 Å². The Hall–Kier alpha value is -2.42. The Balaban J connectivity index is 0.000000637. The Bertz CT molecular complexity index is 717. The zero-order valence-electron chi connectivity index (χ0n) is 11.1. The van der Waals surface area contributed by atoms with Crippen LogP contribution in [0.5, 0.6) is 0 Å². The van der Waals surface area contributed by atoms with Crippen molar-refractivity contribution in [3.05, 3.63) is 65.1 Å². The van der Waals surface area contributed by atoms with E-state index in [2.05, 4.69) is 9.97 Å². The average Bonchev–Trinajstić information content (AvgIpc) is 2.49. The summed E-state index contributed by atoms with van der Waals surface area (Å²) in [4.78, 5) is 18.3. The minimum Gasteiger partial charge on any atom is -0.305 e. The highest BCUT2D eigenvalue weighted by Crippen LogP contribution is 2.23. The molecule has 1 aromatic heterocycles. The van der Waals surface area contributed by atoms with Gasteiger partial charge in [-0.15, -0.1) is 0 Å². The summed E-state index contributed by atoms with van der Waals surface area (Å²) in [6.45, 7) is 4.00. The number of aromatic nitrogens is 2. The smallest absolute Gasteiger partial charge is 0.305 e. The SMILES string of the molecule is CC.O=c1nc(-c2ccccc2)c2ccccc2[nH]1. The number of benzene rings is 2. The van der Waals surface area contributed by atoms with Crippen LogP contribution in [-0.2, 0) is 0 Å². The molecule has 0 aliphatic heterocycles. The molecule has 3 rings (SSSR count). The molecule has 0 saturated heterocycles. The molecule has 0 saturated carbocycles. The molecule has 0 fully saturated rings. The average molecular weight is 252 g/mol. The van der Waals surface area contributed by atoms with Crippen molar-refractivity contribution in [1.82, 2.24) is 9.97 Å². The van der Waals surface area contributed by atoms with E-state index in [4.69, 9.17) is 0 Å². The molecule has 3 nitrogen and oxygen atoms in total. The van der Waals surface area contributed by atoms with Gasteiger partial charge in [-0.3, -0.25) is 0 Å². The molecule has 19 heavy (non-hydrogen) atoms. The molecule has 0 radical (unpaired) electrons. The fourth-order valence-electron chi connectivity index (χ4n) is 1.92. The molecule has 3 heteroatoms. The summed E-state index contributed by atoms with van der Waals surface area (Å²) in [6, 6.07) is 17.4. The van der Waals surface area contributed by atoms with E-state index in [-0.39, 0.29) is 5.69 Å². The van der Waals surface area contributed by atoms with Crippen LogP contribution < -0.4 is 5.69 Å². The van der Waals surface area contributed by atoms with Gasteiger partial charge in [0.2, 0.25) is 0 Å². The highest BCUT2D eigenvalue weighted by Gasteiger charge is 2.05. The van der Waals surface area contributed by atoms with Crippen molar-refractivity contribution < 1.29 is 0 Å². The molecule has 0 atom stereocenters. The van der Waals surface area contributed by atoms with E-state index in [1.807, 2.05) is 68.4 Å². The Kier molecular flexibility index (Phi) is 4.08. The first-order chi connectivity index (χ1) is 9.34. The largest absolute Gasteiger partial charge is 0.345 e. The van der Waals surface area contributed by atoms with E-state index in [0.29, 0.717) is 0 Å². The third-order valence-electron chi connectivity index (χ3n) is 2.68. The highest BCUT2D eigenvalue weighted by atomic mass is 16.1. The van der Waals surface area contributed by atoms with Gasteiger partial charge in [-0.25, -0.2) is 4.79 Å². The van der Waals surface area contributed by atoms with Crippen molar-refractivity contribution in [3.63, 3.8) is 0 Å². The number of para-hydroxylation sites is 1. The molecule has 0 aliphatic carbocycles. The molecule has 96 valence electrons. The van der Waals surface area contributed by atoms with Gasteiger partial charge in [0.05, 0.1) is 11.2 Å². The first kappa shape index (κ1) is 13.0. The van der Waals surface area contributed by atoms with Crippen LogP contribution in [0.25, 0.3) is 22.2 Å². The van der Waals surface area contributed by atoms with Crippen LogP contribution in [0.4, 0.5) is 0 Å². The summed E-state index contributed by atoms with van der Waals surface area (Å²) in [6.07, 6.45) is 0. The Labute approximate surface area is 112 Å². The van der Waals surface area contributed by atoms with Gasteiger partial charge in [0.1, 0.15) is 0 Å². The monoisotopic (exact) mass is 252 g/mol. The lowest BCUT2D eigenvalue weighted by molar-refractivity contribution is 1.12. The summed E-state index contributed by atoms with van der Waals surface area (Å²) in [5, 5.41) is 0.957. The Morgan fingerprint density at radius 1 is 0.895 bits per heavy atom. The molecule has 0 unspecified atom stereocenters. The normalized spacial score (nSPS) is 9.79. The van der Waals surface area contributed by atoms with Crippen LogP contribution in [0.1, 0.15) is 13.8 Å². The lowest BCUT2D eigenvalue weighted by atomic mass is 10.1. The van der Waals surface area contributed by atoms with Crippen LogP contribution >= 0.6 is 0 Å². The minimum absolute atomic E-state index is 0.317. The second-order valence-corrected chi connectivity index (χ2v) is 3.80. The van der Waals surface area contributed by atoms with Gasteiger partial charge >= 0.3 is 5.69 Å². The van der Waals surface area contributed by atoms with Crippen molar-refractivity contribution in [3.8, 4) is 11.3 Å². The van der Waals surface area contributed by atoms with Crippen molar-refractivity contribution in [2.75, 3.05) is 0 Å². The van der Waals surface area contributed by atoms with E-state index in [1.165, 1.54) is 0 Å². The first-order valence-electron chi connectivity index (χ1n) is 6.39. The van der Waals surface area contributed by atoms with Crippen molar-refractivity contribution >= 4 is 10.9 Å². The van der Waals surface area contributed by atoms with Crippen molar-refractivity contribution in [1.29, 1.82) is 0 Å². The topological polar surface area (TPSA) is 45.8 Å². The van der Waals surface area contributed by atoms with Gasteiger partial charge in [-0.2, -0.15) is 4.98 Å². The molecule has 0 spiro atoms. The maximum absolute atomic E-state index is 11.5. The number of hydrogen-bond acceptors (Lipinski definition) is 2. The molecule has 1 N–H and O–H groups in total. The van der Waals surface area contributed by atoms with Crippen LogP contribution in [0.15, 0.2) is 59.4 Å². The Morgan fingerprint density at radius 3 is 2.26 bits per heavy atom. The molecule has 2 aromatic carbocycles. The maximum atomic E-state index is 11.5.